The molecule has 192 valence electrons. The highest BCUT2D eigenvalue weighted by Crippen LogP contribution is 2.39. The first kappa shape index (κ1) is 24.8. The Kier molecular flexibility index (Phi) is 6.34. The molecule has 6 heterocycles. The summed E-state index contributed by atoms with van der Waals surface area (Å²) in [5.74, 6) is 4.67. The van der Waals surface area contributed by atoms with Crippen LogP contribution in [0.2, 0.25) is 0 Å². The molecule has 4 aromatic heterocycles. The van der Waals surface area contributed by atoms with Gasteiger partial charge >= 0.3 is 0 Å². The quantitative estimate of drug-likeness (QED) is 0.201. The summed E-state index contributed by atoms with van der Waals surface area (Å²) >= 11 is 0. The summed E-state index contributed by atoms with van der Waals surface area (Å²) in [6.45, 7) is 4.97. The van der Waals surface area contributed by atoms with Crippen LogP contribution >= 0.6 is 0 Å². The average molecular weight is 515 g/mol. The van der Waals surface area contributed by atoms with Crippen LogP contribution in [0.3, 0.4) is 0 Å². The second-order valence-electron chi connectivity index (χ2n) is 9.99. The first-order valence-corrected chi connectivity index (χ1v) is 12.7. The third-order valence-corrected chi connectivity index (χ3v) is 7.39. The Morgan fingerprint density at radius 2 is 2.00 bits per heavy atom. The molecule has 3 unspecified atom stereocenters. The Morgan fingerprint density at radius 3 is 2.67 bits per heavy atom. The first-order chi connectivity index (χ1) is 19.0. The molecule has 0 saturated carbocycles. The van der Waals surface area contributed by atoms with Gasteiger partial charge in [-0.25, -0.2) is 14.5 Å². The molecule has 3 atom stereocenters. The summed E-state index contributed by atoms with van der Waals surface area (Å²) in [6.07, 6.45) is 12.5. The van der Waals surface area contributed by atoms with Gasteiger partial charge in [-0.15, -0.1) is 12.3 Å². The second kappa shape index (κ2) is 9.97. The number of nitriles is 1. The van der Waals surface area contributed by atoms with Crippen LogP contribution in [0.4, 0.5) is 5.82 Å². The first-order valence-electron chi connectivity index (χ1n) is 12.7. The van der Waals surface area contributed by atoms with E-state index in [0.29, 0.717) is 41.3 Å². The smallest absolute Gasteiger partial charge is 0.205 e. The topological polar surface area (TPSA) is 91.6 Å². The number of aromatic nitrogens is 4. The molecule has 39 heavy (non-hydrogen) atoms. The second-order valence-corrected chi connectivity index (χ2v) is 9.99. The van der Waals surface area contributed by atoms with Gasteiger partial charge in [-0.2, -0.15) is 10.4 Å². The van der Waals surface area contributed by atoms with Crippen molar-refractivity contribution < 1.29 is 9.47 Å². The minimum Gasteiger partial charge on any atom is -0.491 e. The van der Waals surface area contributed by atoms with Crippen LogP contribution in [0.5, 0.6) is 11.6 Å². The summed E-state index contributed by atoms with van der Waals surface area (Å²) in [6, 6.07) is 11.1. The van der Waals surface area contributed by atoms with Gasteiger partial charge in [0.25, 0.3) is 0 Å². The number of terminal acetylenes is 1. The Balaban J connectivity index is 1.17. The van der Waals surface area contributed by atoms with E-state index in [1.165, 1.54) is 0 Å². The number of piperazine rings is 1. The normalized spacial score (nSPS) is 20.2. The fraction of sp³-hybridized carbons (Fsp3) is 0.310. The van der Waals surface area contributed by atoms with Gasteiger partial charge in [0, 0.05) is 55.2 Å². The Morgan fingerprint density at radius 1 is 1.18 bits per heavy atom. The van der Waals surface area contributed by atoms with Crippen molar-refractivity contribution in [2.24, 2.45) is 5.92 Å². The number of anilines is 1. The molecule has 0 amide bonds. The maximum Gasteiger partial charge on any atom is 0.205 e. The van der Waals surface area contributed by atoms with Crippen LogP contribution in [0, 0.1) is 29.6 Å². The third kappa shape index (κ3) is 4.64. The van der Waals surface area contributed by atoms with Crippen molar-refractivity contribution in [2.45, 2.75) is 25.6 Å². The molecule has 9 nitrogen and oxygen atoms in total. The zero-order valence-corrected chi connectivity index (χ0v) is 21.8. The van der Waals surface area contributed by atoms with E-state index in [1.54, 1.807) is 24.0 Å². The van der Waals surface area contributed by atoms with Gasteiger partial charge in [0.1, 0.15) is 32.1 Å². The van der Waals surface area contributed by atoms with Crippen molar-refractivity contribution in [1.82, 2.24) is 24.5 Å². The number of hydrogen-bond donors (Lipinski definition) is 0. The standard InChI is InChI=1S/C29H26BN7O2/c1-4-18(2)17-39-22-8-23(28-21(9-31)12-34-37(28)14-22)20-5-6-27(32-11-20)35-15-25-26(16-35)36(25)13-19-7-24(30)29(38-3)33-10-19/h1,5-8,10-12,14,18,25-26H,13,15-17H2,2-3H3. The van der Waals surface area contributed by atoms with E-state index in [2.05, 4.69) is 31.9 Å². The van der Waals surface area contributed by atoms with Crippen LogP contribution in [0.15, 0.2) is 49.1 Å². The lowest BCUT2D eigenvalue weighted by Crippen LogP contribution is -2.29. The van der Waals surface area contributed by atoms with Crippen LogP contribution < -0.4 is 19.8 Å². The molecular formula is C29H26BN7O2. The highest BCUT2D eigenvalue weighted by atomic mass is 16.5. The number of ether oxygens (including phenoxy) is 2. The summed E-state index contributed by atoms with van der Waals surface area (Å²) in [5, 5.41) is 14.0. The van der Waals surface area contributed by atoms with Gasteiger partial charge < -0.3 is 14.4 Å². The van der Waals surface area contributed by atoms with Crippen LogP contribution in [-0.4, -0.2) is 71.2 Å². The average Bonchev–Trinajstić information content (AvgIpc) is 3.28. The summed E-state index contributed by atoms with van der Waals surface area (Å²) in [7, 11) is 7.59. The van der Waals surface area contributed by atoms with E-state index in [4.69, 9.17) is 28.7 Å². The number of rotatable bonds is 8. The Bertz CT molecular complexity index is 1610. The lowest BCUT2D eigenvalue weighted by atomic mass is 9.96. The van der Waals surface area contributed by atoms with E-state index >= 15 is 0 Å². The van der Waals surface area contributed by atoms with Gasteiger partial charge in [0.15, 0.2) is 0 Å². The molecule has 2 aliphatic rings. The largest absolute Gasteiger partial charge is 0.491 e. The third-order valence-electron chi connectivity index (χ3n) is 7.39. The van der Waals surface area contributed by atoms with E-state index in [0.717, 1.165) is 47.7 Å². The molecule has 0 N–H and O–H groups in total. The van der Waals surface area contributed by atoms with Gasteiger partial charge in [0.05, 0.1) is 36.5 Å². The zero-order valence-electron chi connectivity index (χ0n) is 21.8. The fourth-order valence-electron chi connectivity index (χ4n) is 5.26. The number of hydrogen-bond acceptors (Lipinski definition) is 8. The van der Waals surface area contributed by atoms with Crippen molar-refractivity contribution in [2.75, 3.05) is 31.7 Å². The van der Waals surface area contributed by atoms with Crippen molar-refractivity contribution in [1.29, 1.82) is 5.26 Å². The minimum atomic E-state index is -0.0222. The lowest BCUT2D eigenvalue weighted by Gasteiger charge is -2.22. The fourth-order valence-corrected chi connectivity index (χ4v) is 5.26. The van der Waals surface area contributed by atoms with Gasteiger partial charge in [0.2, 0.25) is 5.88 Å². The molecule has 2 fully saturated rings. The molecule has 10 heteroatoms. The summed E-state index contributed by atoms with van der Waals surface area (Å²) in [4.78, 5) is 13.8. The summed E-state index contributed by atoms with van der Waals surface area (Å²) < 4.78 is 12.8. The molecule has 4 aromatic rings. The minimum absolute atomic E-state index is 0.0222. The Hall–Kier alpha value is -4.54. The maximum absolute atomic E-state index is 9.64. The van der Waals surface area contributed by atoms with Gasteiger partial charge in [-0.1, -0.05) is 6.07 Å². The van der Waals surface area contributed by atoms with Crippen LogP contribution in [0.1, 0.15) is 18.1 Å². The van der Waals surface area contributed by atoms with Crippen LogP contribution in [-0.2, 0) is 6.54 Å². The molecule has 2 radical (unpaired) electrons. The maximum atomic E-state index is 9.64. The predicted octanol–water partition coefficient (Wildman–Crippen LogP) is 2.19. The molecule has 0 aromatic carbocycles. The van der Waals surface area contributed by atoms with Crippen molar-refractivity contribution in [3.8, 4) is 41.2 Å². The number of nitrogens with zero attached hydrogens (tertiary/aromatic N) is 7. The van der Waals surface area contributed by atoms with Gasteiger partial charge in [-0.05, 0) is 36.1 Å². The molecule has 0 spiro atoms. The monoisotopic (exact) mass is 515 g/mol. The molecule has 6 rings (SSSR count). The highest BCUT2D eigenvalue weighted by Gasteiger charge is 2.53. The van der Waals surface area contributed by atoms with Crippen molar-refractivity contribution >= 4 is 24.6 Å². The van der Waals surface area contributed by atoms with Crippen molar-refractivity contribution in [3.05, 3.63) is 60.2 Å². The highest BCUT2D eigenvalue weighted by molar-refractivity contribution is 6.34. The molecule has 2 saturated heterocycles. The molecule has 2 aliphatic heterocycles. The van der Waals surface area contributed by atoms with Crippen molar-refractivity contribution in [3.63, 3.8) is 0 Å². The SMILES string of the molecule is [B]c1cc(CN2C3CN(c4ccc(-c5cc(OCC(C)C#C)cn6ncc(C#N)c56)cn4)CC32)cnc1OC. The zero-order chi connectivity index (χ0) is 27.1. The predicted molar refractivity (Wildman–Crippen MR) is 148 cm³/mol. The lowest BCUT2D eigenvalue weighted by molar-refractivity contribution is 0.288. The van der Waals surface area contributed by atoms with E-state index < -0.39 is 0 Å². The Labute approximate surface area is 228 Å². The van der Waals surface area contributed by atoms with E-state index in [9.17, 15) is 5.26 Å². The number of methoxy groups -OCH3 is 1. The van der Waals surface area contributed by atoms with E-state index in [1.807, 2.05) is 43.6 Å². The van der Waals surface area contributed by atoms with Crippen LogP contribution in [0.25, 0.3) is 16.6 Å². The molecule has 0 aliphatic carbocycles. The van der Waals surface area contributed by atoms with E-state index in [-0.39, 0.29) is 5.92 Å². The molecule has 0 bridgehead atoms. The molecular weight excluding hydrogens is 489 g/mol. The van der Waals surface area contributed by atoms with Gasteiger partial charge in [-0.3, -0.25) is 4.90 Å². The summed E-state index contributed by atoms with van der Waals surface area (Å²) in [5.41, 5.74) is 4.56. The number of pyridine rings is 3. The number of fused-ring (bicyclic) bond motifs is 2.